The van der Waals surface area contributed by atoms with E-state index in [9.17, 15) is 9.90 Å². The van der Waals surface area contributed by atoms with Crippen LogP contribution in [0.2, 0.25) is 0 Å². The molecule has 2 fully saturated rings. The molecule has 1 aromatic rings. The van der Waals surface area contributed by atoms with Crippen molar-refractivity contribution in [2.24, 2.45) is 0 Å². The molecule has 1 aliphatic carbocycles. The Morgan fingerprint density at radius 2 is 1.79 bits per heavy atom. The summed E-state index contributed by atoms with van der Waals surface area (Å²) in [5.74, 6) is -0.0526. The third kappa shape index (κ3) is 4.37. The lowest BCUT2D eigenvalue weighted by Gasteiger charge is -2.36. The Hall–Kier alpha value is -1.39. The summed E-state index contributed by atoms with van der Waals surface area (Å²) in [5, 5.41) is 13.7. The fraction of sp³-hybridized carbons (Fsp3) is 0.650. The van der Waals surface area contributed by atoms with E-state index in [-0.39, 0.29) is 18.4 Å². The van der Waals surface area contributed by atoms with Gasteiger partial charge >= 0.3 is 0 Å². The molecule has 2 aliphatic rings. The molecule has 1 aliphatic heterocycles. The molecule has 1 unspecified atom stereocenters. The third-order valence-corrected chi connectivity index (χ3v) is 5.64. The molecule has 0 spiro atoms. The van der Waals surface area contributed by atoms with Crippen molar-refractivity contribution in [3.8, 4) is 0 Å². The summed E-state index contributed by atoms with van der Waals surface area (Å²) in [7, 11) is 0. The Bertz CT molecular complexity index is 530. The topological polar surface area (TPSA) is 52.6 Å². The molecule has 4 nitrogen and oxygen atoms in total. The number of hydrogen-bond donors (Lipinski definition) is 2. The second-order valence-electron chi connectivity index (χ2n) is 7.63. The normalized spacial score (nSPS) is 23.1. The van der Waals surface area contributed by atoms with Gasteiger partial charge in [0, 0.05) is 25.2 Å². The first-order chi connectivity index (χ1) is 11.5. The minimum Gasteiger partial charge on any atom is -0.385 e. The van der Waals surface area contributed by atoms with Gasteiger partial charge in [-0.15, -0.1) is 0 Å². The minimum absolute atomic E-state index is 0.0526. The number of carbonyl (C=O) groups excluding carboxylic acids is 1. The Morgan fingerprint density at radius 3 is 2.42 bits per heavy atom. The van der Waals surface area contributed by atoms with Gasteiger partial charge in [-0.05, 0) is 38.2 Å². The molecule has 2 N–H and O–H groups in total. The molecule has 0 bridgehead atoms. The van der Waals surface area contributed by atoms with Gasteiger partial charge in [0.05, 0.1) is 12.0 Å². The molecule has 24 heavy (non-hydrogen) atoms. The molecule has 1 saturated heterocycles. The Morgan fingerprint density at radius 1 is 1.17 bits per heavy atom. The summed E-state index contributed by atoms with van der Waals surface area (Å²) in [6.45, 7) is 3.89. The first kappa shape index (κ1) is 17.4. The lowest BCUT2D eigenvalue weighted by molar-refractivity contribution is -0.126. The molecule has 0 radical (unpaired) electrons. The summed E-state index contributed by atoms with van der Waals surface area (Å²) < 4.78 is 0. The largest absolute Gasteiger partial charge is 0.385 e. The highest BCUT2D eigenvalue weighted by Gasteiger charge is 2.30. The third-order valence-electron chi connectivity index (χ3n) is 5.64. The van der Waals surface area contributed by atoms with Crippen LogP contribution in [0.5, 0.6) is 0 Å². The van der Waals surface area contributed by atoms with Crippen LogP contribution in [-0.4, -0.2) is 41.1 Å². The number of hydrogen-bond acceptors (Lipinski definition) is 3. The number of amides is 1. The smallest absolute Gasteiger partial charge is 0.223 e. The van der Waals surface area contributed by atoms with Gasteiger partial charge in [-0.3, -0.25) is 4.79 Å². The van der Waals surface area contributed by atoms with E-state index in [1.165, 1.54) is 25.7 Å². The Balaban J connectivity index is 1.46. The van der Waals surface area contributed by atoms with Crippen LogP contribution in [0.15, 0.2) is 30.3 Å². The van der Waals surface area contributed by atoms with Gasteiger partial charge in [-0.1, -0.05) is 43.2 Å². The molecular weight excluding hydrogens is 300 g/mol. The van der Waals surface area contributed by atoms with Crippen LogP contribution in [0, 0.1) is 0 Å². The second kappa shape index (κ2) is 7.66. The van der Waals surface area contributed by atoms with Crippen LogP contribution in [0.4, 0.5) is 0 Å². The lowest BCUT2D eigenvalue weighted by atomic mass is 9.92. The number of carbonyl (C=O) groups is 1. The molecule has 3 rings (SSSR count). The average Bonchev–Trinajstić information content (AvgIpc) is 3.10. The number of likely N-dealkylation sites (tertiary alicyclic amines) is 1. The van der Waals surface area contributed by atoms with Crippen molar-refractivity contribution in [3.05, 3.63) is 35.9 Å². The molecule has 4 heteroatoms. The molecule has 1 saturated carbocycles. The maximum atomic E-state index is 12.4. The number of nitrogens with one attached hydrogen (secondary N) is 1. The van der Waals surface area contributed by atoms with Crippen LogP contribution in [0.3, 0.4) is 0 Å². The summed E-state index contributed by atoms with van der Waals surface area (Å²) >= 11 is 0. The van der Waals surface area contributed by atoms with Gasteiger partial charge in [0.2, 0.25) is 5.91 Å². The quantitative estimate of drug-likeness (QED) is 0.873. The van der Waals surface area contributed by atoms with Crippen molar-refractivity contribution in [1.29, 1.82) is 0 Å². The van der Waals surface area contributed by atoms with E-state index in [4.69, 9.17) is 0 Å². The van der Waals surface area contributed by atoms with Crippen LogP contribution in [0.25, 0.3) is 0 Å². The van der Waals surface area contributed by atoms with Crippen LogP contribution in [0.1, 0.15) is 57.4 Å². The minimum atomic E-state index is -1.12. The van der Waals surface area contributed by atoms with Gasteiger partial charge in [0.15, 0.2) is 0 Å². The zero-order valence-electron chi connectivity index (χ0n) is 14.7. The van der Waals surface area contributed by atoms with Gasteiger partial charge in [-0.2, -0.15) is 0 Å². The van der Waals surface area contributed by atoms with Crippen LogP contribution < -0.4 is 5.32 Å². The SMILES string of the molecule is CC(O)(CC(=O)NC1CCN(C2CCCC2)CC1)c1ccccc1. The Kier molecular flexibility index (Phi) is 5.57. The fourth-order valence-electron chi connectivity index (χ4n) is 4.17. The molecule has 1 heterocycles. The lowest BCUT2D eigenvalue weighted by Crippen LogP contribution is -2.48. The maximum Gasteiger partial charge on any atom is 0.223 e. The van der Waals surface area contributed by atoms with Crippen molar-refractivity contribution in [2.75, 3.05) is 13.1 Å². The highest BCUT2D eigenvalue weighted by molar-refractivity contribution is 5.77. The van der Waals surface area contributed by atoms with E-state index >= 15 is 0 Å². The van der Waals surface area contributed by atoms with Crippen molar-refractivity contribution < 1.29 is 9.90 Å². The number of benzene rings is 1. The summed E-state index contributed by atoms with van der Waals surface area (Å²) in [6, 6.07) is 10.5. The van der Waals surface area contributed by atoms with E-state index in [0.29, 0.717) is 0 Å². The number of piperidine rings is 1. The van der Waals surface area contributed by atoms with E-state index in [0.717, 1.165) is 37.5 Å². The molecular formula is C20H30N2O2. The fourth-order valence-corrected chi connectivity index (χ4v) is 4.17. The molecule has 1 amide bonds. The van der Waals surface area contributed by atoms with E-state index in [1.54, 1.807) is 6.92 Å². The van der Waals surface area contributed by atoms with Crippen molar-refractivity contribution in [3.63, 3.8) is 0 Å². The molecule has 132 valence electrons. The molecule has 1 aromatic carbocycles. The summed E-state index contributed by atoms with van der Waals surface area (Å²) in [4.78, 5) is 15.0. The number of nitrogens with zero attached hydrogens (tertiary/aromatic N) is 1. The molecule has 1 atom stereocenters. The van der Waals surface area contributed by atoms with Crippen molar-refractivity contribution in [2.45, 2.75) is 69.6 Å². The monoisotopic (exact) mass is 330 g/mol. The number of rotatable bonds is 5. The summed E-state index contributed by atoms with van der Waals surface area (Å²) in [6.07, 6.45) is 7.59. The number of aliphatic hydroxyl groups is 1. The van der Waals surface area contributed by atoms with E-state index in [1.807, 2.05) is 30.3 Å². The second-order valence-corrected chi connectivity index (χ2v) is 7.63. The highest BCUT2D eigenvalue weighted by Crippen LogP contribution is 2.27. The van der Waals surface area contributed by atoms with Gasteiger partial charge in [-0.25, -0.2) is 0 Å². The highest BCUT2D eigenvalue weighted by atomic mass is 16.3. The van der Waals surface area contributed by atoms with E-state index < -0.39 is 5.60 Å². The maximum absolute atomic E-state index is 12.4. The van der Waals surface area contributed by atoms with Crippen LogP contribution in [-0.2, 0) is 10.4 Å². The van der Waals surface area contributed by atoms with Gasteiger partial charge < -0.3 is 15.3 Å². The Labute approximate surface area is 145 Å². The van der Waals surface area contributed by atoms with E-state index in [2.05, 4.69) is 10.2 Å². The zero-order valence-corrected chi connectivity index (χ0v) is 14.7. The molecule has 0 aromatic heterocycles. The first-order valence-electron chi connectivity index (χ1n) is 9.36. The zero-order chi connectivity index (χ0) is 17.0. The predicted octanol–water partition coefficient (Wildman–Crippen LogP) is 2.81. The van der Waals surface area contributed by atoms with Crippen LogP contribution >= 0.6 is 0 Å². The van der Waals surface area contributed by atoms with Crippen molar-refractivity contribution >= 4 is 5.91 Å². The van der Waals surface area contributed by atoms with Gasteiger partial charge in [0.25, 0.3) is 0 Å². The first-order valence-corrected chi connectivity index (χ1v) is 9.36. The summed E-state index contributed by atoms with van der Waals surface area (Å²) in [5.41, 5.74) is -0.327. The van der Waals surface area contributed by atoms with Gasteiger partial charge in [0.1, 0.15) is 0 Å². The standard InChI is InChI=1S/C20H30N2O2/c1-20(24,16-7-3-2-4-8-16)15-19(23)21-17-11-13-22(14-12-17)18-9-5-6-10-18/h2-4,7-8,17-18,24H,5-6,9-15H2,1H3,(H,21,23). The predicted molar refractivity (Wildman–Crippen MR) is 95.6 cm³/mol. The van der Waals surface area contributed by atoms with Crippen molar-refractivity contribution in [1.82, 2.24) is 10.2 Å². The average molecular weight is 330 g/mol.